The standard InChI is InChI=1S/C14H20BrNO2.ClH/c1-10(17-2)18-13-3-4-14(15)12(8-13)7-11-5-6-16-9-11;/h3-4,8,10-11,16H,5-7,9H2,1-2H3;1H. The van der Waals surface area contributed by atoms with Gasteiger partial charge in [-0.05, 0) is 62.5 Å². The van der Waals surface area contributed by atoms with Gasteiger partial charge in [0.05, 0.1) is 0 Å². The summed E-state index contributed by atoms with van der Waals surface area (Å²) in [6.45, 7) is 4.15. The normalized spacial score (nSPS) is 19.8. The van der Waals surface area contributed by atoms with Gasteiger partial charge in [-0.1, -0.05) is 15.9 Å². The second-order valence-electron chi connectivity index (χ2n) is 4.74. The molecule has 0 spiro atoms. The number of hydrogen-bond donors (Lipinski definition) is 1. The number of hydrogen-bond acceptors (Lipinski definition) is 3. The van der Waals surface area contributed by atoms with E-state index in [-0.39, 0.29) is 18.7 Å². The number of ether oxygens (including phenoxy) is 2. The van der Waals surface area contributed by atoms with E-state index in [0.717, 1.165) is 35.7 Å². The first-order valence-electron chi connectivity index (χ1n) is 6.37. The summed E-state index contributed by atoms with van der Waals surface area (Å²) in [6.07, 6.45) is 2.13. The summed E-state index contributed by atoms with van der Waals surface area (Å²) in [4.78, 5) is 0. The van der Waals surface area contributed by atoms with Crippen molar-refractivity contribution in [2.75, 3.05) is 20.2 Å². The maximum Gasteiger partial charge on any atom is 0.196 e. The second-order valence-corrected chi connectivity index (χ2v) is 5.59. The predicted molar refractivity (Wildman–Crippen MR) is 83.2 cm³/mol. The third-order valence-corrected chi connectivity index (χ3v) is 4.10. The van der Waals surface area contributed by atoms with Crippen LogP contribution in [0.1, 0.15) is 18.9 Å². The Bertz CT molecular complexity index is 397. The van der Waals surface area contributed by atoms with Gasteiger partial charge in [0, 0.05) is 11.6 Å². The summed E-state index contributed by atoms with van der Waals surface area (Å²) in [5, 5.41) is 3.40. The van der Waals surface area contributed by atoms with Gasteiger partial charge in [-0.15, -0.1) is 12.4 Å². The lowest BCUT2D eigenvalue weighted by molar-refractivity contribution is -0.0383. The highest BCUT2D eigenvalue weighted by molar-refractivity contribution is 9.10. The fourth-order valence-corrected chi connectivity index (χ4v) is 2.63. The molecule has 3 nitrogen and oxygen atoms in total. The lowest BCUT2D eigenvalue weighted by atomic mass is 9.98. The van der Waals surface area contributed by atoms with Crippen LogP contribution in [-0.2, 0) is 11.2 Å². The molecule has 0 bridgehead atoms. The Labute approximate surface area is 129 Å². The Morgan fingerprint density at radius 1 is 1.47 bits per heavy atom. The van der Waals surface area contributed by atoms with Gasteiger partial charge in [-0.2, -0.15) is 0 Å². The molecule has 0 saturated carbocycles. The van der Waals surface area contributed by atoms with Gasteiger partial charge in [0.15, 0.2) is 6.29 Å². The second kappa shape index (κ2) is 8.10. The monoisotopic (exact) mass is 349 g/mol. The van der Waals surface area contributed by atoms with Crippen molar-refractivity contribution in [3.8, 4) is 5.75 Å². The maximum atomic E-state index is 5.66. The maximum absolute atomic E-state index is 5.66. The van der Waals surface area contributed by atoms with Crippen LogP contribution in [0.25, 0.3) is 0 Å². The van der Waals surface area contributed by atoms with Gasteiger partial charge in [-0.3, -0.25) is 0 Å². The van der Waals surface area contributed by atoms with Crippen molar-refractivity contribution >= 4 is 28.3 Å². The smallest absolute Gasteiger partial charge is 0.196 e. The van der Waals surface area contributed by atoms with Crippen LogP contribution in [0.2, 0.25) is 0 Å². The summed E-state index contributed by atoms with van der Waals surface area (Å²) >= 11 is 3.61. The van der Waals surface area contributed by atoms with E-state index in [9.17, 15) is 0 Å². The largest absolute Gasteiger partial charge is 0.465 e. The minimum Gasteiger partial charge on any atom is -0.465 e. The summed E-state index contributed by atoms with van der Waals surface area (Å²) < 4.78 is 11.9. The molecule has 1 fully saturated rings. The Morgan fingerprint density at radius 3 is 2.89 bits per heavy atom. The number of benzene rings is 1. The zero-order valence-electron chi connectivity index (χ0n) is 11.3. The molecule has 1 aromatic rings. The van der Waals surface area contributed by atoms with Crippen molar-refractivity contribution < 1.29 is 9.47 Å². The number of methoxy groups -OCH3 is 1. The average molecular weight is 351 g/mol. The fourth-order valence-electron chi connectivity index (χ4n) is 2.22. The summed E-state index contributed by atoms with van der Waals surface area (Å²) in [6, 6.07) is 6.13. The summed E-state index contributed by atoms with van der Waals surface area (Å²) in [5.74, 6) is 1.60. The van der Waals surface area contributed by atoms with Crippen LogP contribution in [-0.4, -0.2) is 26.5 Å². The van der Waals surface area contributed by atoms with Crippen LogP contribution < -0.4 is 10.1 Å². The van der Waals surface area contributed by atoms with Gasteiger partial charge < -0.3 is 14.8 Å². The molecule has 0 amide bonds. The van der Waals surface area contributed by atoms with Gasteiger partial charge in [0.2, 0.25) is 0 Å². The van der Waals surface area contributed by atoms with Crippen molar-refractivity contribution in [3.63, 3.8) is 0 Å². The zero-order valence-corrected chi connectivity index (χ0v) is 13.7. The topological polar surface area (TPSA) is 30.5 Å². The fraction of sp³-hybridized carbons (Fsp3) is 0.571. The molecule has 1 heterocycles. The average Bonchev–Trinajstić information content (AvgIpc) is 2.86. The van der Waals surface area contributed by atoms with Crippen LogP contribution in [0, 0.1) is 5.92 Å². The molecule has 1 aliphatic rings. The van der Waals surface area contributed by atoms with E-state index >= 15 is 0 Å². The van der Waals surface area contributed by atoms with Crippen LogP contribution in [0.5, 0.6) is 5.75 Å². The summed E-state index contributed by atoms with van der Waals surface area (Å²) in [7, 11) is 1.65. The molecule has 1 aliphatic heterocycles. The molecule has 1 N–H and O–H groups in total. The first kappa shape index (κ1) is 16.8. The minimum absolute atomic E-state index is 0. The predicted octanol–water partition coefficient (Wildman–Crippen LogP) is 3.39. The molecular formula is C14H21BrClNO2. The van der Waals surface area contributed by atoms with Crippen molar-refractivity contribution in [2.45, 2.75) is 26.1 Å². The molecular weight excluding hydrogens is 330 g/mol. The third kappa shape index (κ3) is 4.95. The Hall–Kier alpha value is -0.290. The molecule has 2 atom stereocenters. The Kier molecular flexibility index (Phi) is 7.15. The zero-order chi connectivity index (χ0) is 13.0. The van der Waals surface area contributed by atoms with Crippen molar-refractivity contribution in [1.29, 1.82) is 0 Å². The molecule has 0 aromatic heterocycles. The van der Waals surface area contributed by atoms with Gasteiger partial charge in [0.25, 0.3) is 0 Å². The van der Waals surface area contributed by atoms with Gasteiger partial charge in [-0.25, -0.2) is 0 Å². The first-order chi connectivity index (χ1) is 8.69. The molecule has 1 saturated heterocycles. The SMILES string of the molecule is COC(C)Oc1ccc(Br)c(CC2CCNC2)c1.Cl. The van der Waals surface area contributed by atoms with Crippen LogP contribution in [0.15, 0.2) is 22.7 Å². The molecule has 1 aromatic carbocycles. The third-order valence-electron chi connectivity index (χ3n) is 3.32. The lowest BCUT2D eigenvalue weighted by Gasteiger charge is -2.15. The van der Waals surface area contributed by atoms with Gasteiger partial charge in [0.1, 0.15) is 5.75 Å². The van der Waals surface area contributed by atoms with Crippen molar-refractivity contribution in [2.24, 2.45) is 5.92 Å². The first-order valence-corrected chi connectivity index (χ1v) is 7.17. The minimum atomic E-state index is -0.216. The Morgan fingerprint density at radius 2 is 2.26 bits per heavy atom. The van der Waals surface area contributed by atoms with E-state index in [1.54, 1.807) is 7.11 Å². The molecule has 2 rings (SSSR count). The molecule has 108 valence electrons. The molecule has 2 unspecified atom stereocenters. The lowest BCUT2D eigenvalue weighted by Crippen LogP contribution is -2.14. The quantitative estimate of drug-likeness (QED) is 0.826. The molecule has 19 heavy (non-hydrogen) atoms. The molecule has 0 radical (unpaired) electrons. The highest BCUT2D eigenvalue weighted by Crippen LogP contribution is 2.27. The highest BCUT2D eigenvalue weighted by Gasteiger charge is 2.16. The number of rotatable bonds is 5. The Balaban J connectivity index is 0.00000180. The van der Waals surface area contributed by atoms with Gasteiger partial charge >= 0.3 is 0 Å². The molecule has 5 heteroatoms. The van der Waals surface area contributed by atoms with E-state index in [1.807, 2.05) is 13.0 Å². The van der Waals surface area contributed by atoms with Crippen molar-refractivity contribution in [1.82, 2.24) is 5.32 Å². The van der Waals surface area contributed by atoms with Crippen molar-refractivity contribution in [3.05, 3.63) is 28.2 Å². The van der Waals surface area contributed by atoms with E-state index in [4.69, 9.17) is 9.47 Å². The van der Waals surface area contributed by atoms with E-state index in [1.165, 1.54) is 12.0 Å². The number of nitrogens with one attached hydrogen (secondary N) is 1. The van der Waals surface area contributed by atoms with Crippen LogP contribution >= 0.6 is 28.3 Å². The van der Waals surface area contributed by atoms with Crippen LogP contribution in [0.4, 0.5) is 0 Å². The van der Waals surface area contributed by atoms with E-state index in [0.29, 0.717) is 0 Å². The molecule has 0 aliphatic carbocycles. The van der Waals surface area contributed by atoms with Crippen LogP contribution in [0.3, 0.4) is 0 Å². The highest BCUT2D eigenvalue weighted by atomic mass is 79.9. The van der Waals surface area contributed by atoms with E-state index < -0.39 is 0 Å². The van der Waals surface area contributed by atoms with E-state index in [2.05, 4.69) is 33.4 Å². The number of halogens is 2. The summed E-state index contributed by atoms with van der Waals surface area (Å²) in [5.41, 5.74) is 1.31.